The Kier molecular flexibility index (Phi) is 22.9. The van der Waals surface area contributed by atoms with Crippen molar-refractivity contribution in [1.29, 1.82) is 0 Å². The zero-order valence-corrected chi connectivity index (χ0v) is 86.8. The van der Waals surface area contributed by atoms with Crippen LogP contribution < -0.4 is 14.7 Å². The molecule has 21 aromatic carbocycles. The first-order chi connectivity index (χ1) is 73.0. The highest BCUT2D eigenvalue weighted by Crippen LogP contribution is 2.61. The van der Waals surface area contributed by atoms with Gasteiger partial charge in [-0.1, -0.05) is 441 Å². The number of hydrogen-bond donors (Lipinski definition) is 0. The van der Waals surface area contributed by atoms with E-state index in [1.807, 2.05) is 36.4 Å². The summed E-state index contributed by atoms with van der Waals surface area (Å²) >= 11 is 0. The van der Waals surface area contributed by atoms with Crippen LogP contribution >= 0.6 is 0 Å². The van der Waals surface area contributed by atoms with Crippen molar-refractivity contribution < 1.29 is 13.3 Å². The van der Waals surface area contributed by atoms with Gasteiger partial charge in [-0.05, 0) is 294 Å². The summed E-state index contributed by atoms with van der Waals surface area (Å²) in [5.74, 6) is 0. The molecular weight excluding hydrogens is 1820 g/mol. The van der Waals surface area contributed by atoms with E-state index >= 15 is 0 Å². The van der Waals surface area contributed by atoms with E-state index in [-0.39, 0.29) is 32.5 Å². The summed E-state index contributed by atoms with van der Waals surface area (Å²) in [7, 11) is 0. The van der Waals surface area contributed by atoms with Gasteiger partial charge < -0.3 is 28.0 Å². The van der Waals surface area contributed by atoms with Crippen LogP contribution in [0.1, 0.15) is 116 Å². The molecule has 0 spiro atoms. The molecule has 150 heavy (non-hydrogen) atoms. The fourth-order valence-corrected chi connectivity index (χ4v) is 24.2. The molecule has 0 unspecified atom stereocenters. The molecule has 3 aliphatic rings. The number of nitrogens with zero attached hydrogens (tertiary/aromatic N) is 3. The van der Waals surface area contributed by atoms with Crippen LogP contribution in [0.5, 0.6) is 0 Å². The first-order valence-corrected chi connectivity index (χ1v) is 52.6. The molecule has 0 atom stereocenters. The number of fused-ring (bicyclic) bond motifs is 18. The van der Waals surface area contributed by atoms with E-state index in [4.69, 9.17) is 13.3 Å². The maximum atomic E-state index is 6.53. The SMILES string of the molecule is CC1(C)c2cc(-c3ccc(N(c4ccccc4)c4cccc5c4oc4ccccc45)cc3)ccc2-c2c(-c3ccccc3)cccc2C1(C)C.CC1(C)c2ccc(-c3cccc(-c4ccccc4)c3)cc2-c2ccc(-c3ccc(N(c4ccccc4)c4cccc5c4oc4ccccc45)cc3)cc2C1(C)C.CC1(C)c2ccccc2-c2cccc(-c3ccc(N(c4ccccc4)c4cccc5c4oc4ccccc45)cc3)c2C1(C)C. The molecule has 3 aromatic heterocycles. The van der Waals surface area contributed by atoms with E-state index in [0.29, 0.717) is 0 Å². The standard InChI is InChI=1S/C54H43NO.C48H39NO.C42H35NO/c1-53(2)48-32-28-40(39-18-13-17-38(33-39)36-15-7-5-8-16-36)34-47(48)44-31-27-41(35-49(44)54(53,3)4)37-25-29-43(30-26-37)55(42-19-9-6-10-20-42)50-23-14-22-46-45-21-11-12-24-51(45)56-52(46)50;1-47(2)41-22-13-20-37(33-15-7-5-8-16-33)45(41)40-30-27-34(31-42(40)48(47,3)4)32-25-28-36(29-26-32)49(35-17-9-6-10-18-35)43-23-14-21-39-38-19-11-12-24-44(38)50-46(39)43;1-41(2)36-21-10-8-16-32(36)34-19-12-18-31(39(34)42(41,3)4)28-24-26-30(27-25-28)43(29-14-6-5-7-15-29)37-22-13-20-35-33-17-9-11-23-38(33)44-40(35)37/h5-35H,1-4H3;5-31H,1-4H3;5-27H,1-4H3. The lowest BCUT2D eigenvalue weighted by molar-refractivity contribution is 0.299. The summed E-state index contributed by atoms with van der Waals surface area (Å²) in [5, 5.41) is 6.74. The zero-order chi connectivity index (χ0) is 102. The van der Waals surface area contributed by atoms with Gasteiger partial charge >= 0.3 is 0 Å². The molecule has 0 N–H and O–H groups in total. The quantitative estimate of drug-likeness (QED) is 0.102. The Morgan fingerprint density at radius 2 is 0.427 bits per heavy atom. The molecule has 0 radical (unpaired) electrons. The zero-order valence-electron chi connectivity index (χ0n) is 86.8. The average molecular weight is 1940 g/mol. The van der Waals surface area contributed by atoms with Crippen molar-refractivity contribution in [2.24, 2.45) is 0 Å². The second kappa shape index (κ2) is 36.8. The molecule has 3 aliphatic carbocycles. The van der Waals surface area contributed by atoms with Gasteiger partial charge in [0.05, 0.1) is 17.1 Å². The predicted molar refractivity (Wildman–Crippen MR) is 632 cm³/mol. The fourth-order valence-electron chi connectivity index (χ4n) is 24.2. The molecule has 0 saturated heterocycles. The van der Waals surface area contributed by atoms with Gasteiger partial charge in [0.15, 0.2) is 16.7 Å². The second-order valence-electron chi connectivity index (χ2n) is 43.8. The third-order valence-corrected chi connectivity index (χ3v) is 34.3. The molecule has 0 fully saturated rings. The van der Waals surface area contributed by atoms with E-state index in [2.05, 4.69) is 553 Å². The third kappa shape index (κ3) is 15.6. The fraction of sp³-hybridized carbons (Fsp3) is 0.125. The topological polar surface area (TPSA) is 49.1 Å². The van der Waals surface area contributed by atoms with Crippen molar-refractivity contribution in [1.82, 2.24) is 0 Å². The van der Waals surface area contributed by atoms with Gasteiger partial charge in [0.2, 0.25) is 0 Å². The van der Waals surface area contributed by atoms with Crippen LogP contribution in [0.3, 0.4) is 0 Å². The van der Waals surface area contributed by atoms with Crippen LogP contribution in [0.25, 0.3) is 166 Å². The Morgan fingerprint density at radius 1 is 0.153 bits per heavy atom. The monoisotopic (exact) mass is 1940 g/mol. The number of anilines is 9. The number of hydrogen-bond acceptors (Lipinski definition) is 6. The first kappa shape index (κ1) is 93.5. The lowest BCUT2D eigenvalue weighted by atomic mass is 9.54. The van der Waals surface area contributed by atoms with Gasteiger partial charge in [-0.25, -0.2) is 0 Å². The Bertz CT molecular complexity index is 9290. The maximum absolute atomic E-state index is 6.53. The molecule has 6 heteroatoms. The summed E-state index contributed by atoms with van der Waals surface area (Å²) < 4.78 is 19.5. The Hall–Kier alpha value is -17.6. The molecular formula is C144H117N3O3. The highest BCUT2D eigenvalue weighted by Gasteiger charge is 2.50. The van der Waals surface area contributed by atoms with Crippen LogP contribution in [0.4, 0.5) is 51.2 Å². The van der Waals surface area contributed by atoms with E-state index in [0.717, 1.165) is 117 Å². The molecule has 27 rings (SSSR count). The van der Waals surface area contributed by atoms with E-state index in [1.54, 1.807) is 0 Å². The van der Waals surface area contributed by atoms with Gasteiger partial charge in [0, 0.05) is 71.9 Å². The van der Waals surface area contributed by atoms with Gasteiger partial charge in [-0.15, -0.1) is 0 Å². The summed E-state index contributed by atoms with van der Waals surface area (Å²) in [5.41, 5.74) is 45.8. The molecule has 0 amide bonds. The lowest BCUT2D eigenvalue weighted by Gasteiger charge is -2.49. The van der Waals surface area contributed by atoms with E-state index < -0.39 is 0 Å². The summed E-state index contributed by atoms with van der Waals surface area (Å²) in [6, 6.07) is 177. The molecule has 0 aliphatic heterocycles. The Morgan fingerprint density at radius 3 is 0.907 bits per heavy atom. The molecule has 24 aromatic rings. The van der Waals surface area contributed by atoms with Gasteiger partial charge in [-0.3, -0.25) is 0 Å². The lowest BCUT2D eigenvalue weighted by Crippen LogP contribution is -2.43. The third-order valence-electron chi connectivity index (χ3n) is 34.3. The largest absolute Gasteiger partial charge is 0.454 e. The van der Waals surface area contributed by atoms with Crippen LogP contribution in [0, 0.1) is 0 Å². The van der Waals surface area contributed by atoms with Crippen LogP contribution in [0.15, 0.2) is 505 Å². The van der Waals surface area contributed by atoms with Crippen molar-refractivity contribution in [3.63, 3.8) is 0 Å². The van der Waals surface area contributed by atoms with Gasteiger partial charge in [-0.2, -0.15) is 0 Å². The number of furan rings is 3. The Labute approximate surface area is 879 Å². The Balaban J connectivity index is 0.000000117. The average Bonchev–Trinajstić information content (AvgIpc) is 1.07. The van der Waals surface area contributed by atoms with Crippen molar-refractivity contribution >= 4 is 117 Å². The van der Waals surface area contributed by atoms with Crippen molar-refractivity contribution in [2.75, 3.05) is 14.7 Å². The second-order valence-corrected chi connectivity index (χ2v) is 43.8. The van der Waals surface area contributed by atoms with Crippen LogP contribution in [0.2, 0.25) is 0 Å². The number of para-hydroxylation sites is 9. The minimum atomic E-state index is -0.102. The predicted octanol–water partition coefficient (Wildman–Crippen LogP) is 40.9. The normalized spacial score (nSPS) is 14.3. The van der Waals surface area contributed by atoms with Crippen molar-refractivity contribution in [3.05, 3.63) is 525 Å². The van der Waals surface area contributed by atoms with Crippen LogP contribution in [-0.2, 0) is 32.5 Å². The molecule has 0 bridgehead atoms. The first-order valence-electron chi connectivity index (χ1n) is 52.6. The van der Waals surface area contributed by atoms with Crippen molar-refractivity contribution in [2.45, 2.75) is 116 Å². The van der Waals surface area contributed by atoms with Crippen molar-refractivity contribution in [3.8, 4) is 100 Å². The highest BCUT2D eigenvalue weighted by atomic mass is 16.3. The smallest absolute Gasteiger partial charge is 0.159 e. The minimum Gasteiger partial charge on any atom is -0.454 e. The maximum Gasteiger partial charge on any atom is 0.159 e. The number of benzene rings is 21. The molecule has 3 heterocycles. The molecule has 0 saturated carbocycles. The summed E-state index contributed by atoms with van der Waals surface area (Å²) in [6.45, 7) is 28.9. The van der Waals surface area contributed by atoms with E-state index in [9.17, 15) is 0 Å². The number of rotatable bonds is 15. The minimum absolute atomic E-state index is 0.0258. The van der Waals surface area contributed by atoms with E-state index in [1.165, 1.54) is 134 Å². The van der Waals surface area contributed by atoms with Gasteiger partial charge in [0.1, 0.15) is 16.7 Å². The summed E-state index contributed by atoms with van der Waals surface area (Å²) in [6.07, 6.45) is 0. The highest BCUT2D eigenvalue weighted by molar-refractivity contribution is 6.13. The molecule has 6 nitrogen and oxygen atoms in total. The molecule has 726 valence electrons. The van der Waals surface area contributed by atoms with Crippen LogP contribution in [-0.4, -0.2) is 0 Å². The van der Waals surface area contributed by atoms with Gasteiger partial charge in [0.25, 0.3) is 0 Å². The summed E-state index contributed by atoms with van der Waals surface area (Å²) in [4.78, 5) is 6.91.